The Morgan fingerprint density at radius 1 is 1.00 bits per heavy atom. The van der Waals surface area contributed by atoms with Crippen LogP contribution in [0.25, 0.3) is 0 Å². The van der Waals surface area contributed by atoms with Crippen molar-refractivity contribution in [2.24, 2.45) is 0 Å². The number of aryl methyl sites for hydroxylation is 2. The maximum atomic E-state index is 13.3. The standard InChI is InChI=1S/C27H39N3O4S/c1-6-7-15-28-27(32)23(4)29(20-24-12-9-8-10-13-24)26(31)14-11-16-30(35(5,33)34)25-18-21(2)17-22(3)19-25/h8-10,12-13,17-19,23H,6-7,11,14-16,20H2,1-5H3,(H,28,32)/t23-/m0/s1. The number of nitrogens with one attached hydrogen (secondary N) is 1. The summed E-state index contributed by atoms with van der Waals surface area (Å²) in [5, 5.41) is 2.91. The summed E-state index contributed by atoms with van der Waals surface area (Å²) in [6.07, 6.45) is 3.50. The molecule has 7 nitrogen and oxygen atoms in total. The Balaban J connectivity index is 2.14. The number of nitrogens with zero attached hydrogens (tertiary/aromatic N) is 2. The van der Waals surface area contributed by atoms with Gasteiger partial charge >= 0.3 is 0 Å². The fourth-order valence-corrected chi connectivity index (χ4v) is 4.95. The van der Waals surface area contributed by atoms with E-state index >= 15 is 0 Å². The number of amides is 2. The van der Waals surface area contributed by atoms with Crippen molar-refractivity contribution in [3.05, 3.63) is 65.2 Å². The first-order valence-corrected chi connectivity index (χ1v) is 14.0. The first kappa shape index (κ1) is 28.4. The van der Waals surface area contributed by atoms with Gasteiger partial charge in [0.25, 0.3) is 0 Å². The summed E-state index contributed by atoms with van der Waals surface area (Å²) in [5.41, 5.74) is 3.48. The minimum atomic E-state index is -3.52. The molecular weight excluding hydrogens is 462 g/mol. The van der Waals surface area contributed by atoms with Gasteiger partial charge < -0.3 is 10.2 Å². The molecule has 192 valence electrons. The molecule has 0 radical (unpaired) electrons. The fraction of sp³-hybridized carbons (Fsp3) is 0.481. The van der Waals surface area contributed by atoms with Gasteiger partial charge in [0.1, 0.15) is 6.04 Å². The van der Waals surface area contributed by atoms with Gasteiger partial charge in [0, 0.05) is 26.1 Å². The molecule has 0 saturated carbocycles. The molecule has 0 heterocycles. The Labute approximate surface area is 210 Å². The summed E-state index contributed by atoms with van der Waals surface area (Å²) < 4.78 is 26.4. The predicted molar refractivity (Wildman–Crippen MR) is 142 cm³/mol. The van der Waals surface area contributed by atoms with Crippen LogP contribution in [0, 0.1) is 13.8 Å². The number of hydrogen-bond donors (Lipinski definition) is 1. The van der Waals surface area contributed by atoms with Crippen molar-refractivity contribution in [1.29, 1.82) is 0 Å². The Hall–Kier alpha value is -2.87. The summed E-state index contributed by atoms with van der Waals surface area (Å²) in [6, 6.07) is 14.6. The van der Waals surface area contributed by atoms with E-state index in [2.05, 4.69) is 12.2 Å². The van der Waals surface area contributed by atoms with Crippen LogP contribution in [-0.4, -0.2) is 50.5 Å². The molecule has 35 heavy (non-hydrogen) atoms. The number of carbonyl (C=O) groups excluding carboxylic acids is 2. The molecule has 0 aliphatic rings. The van der Waals surface area contributed by atoms with Gasteiger partial charge in [-0.15, -0.1) is 0 Å². The van der Waals surface area contributed by atoms with Crippen LogP contribution >= 0.6 is 0 Å². The van der Waals surface area contributed by atoms with Crippen LogP contribution in [-0.2, 0) is 26.2 Å². The zero-order chi connectivity index (χ0) is 26.0. The molecule has 1 atom stereocenters. The third-order valence-corrected chi connectivity index (χ3v) is 7.03. The summed E-state index contributed by atoms with van der Waals surface area (Å²) in [6.45, 7) is 8.72. The lowest BCUT2D eigenvalue weighted by atomic mass is 10.1. The molecule has 0 unspecified atom stereocenters. The highest BCUT2D eigenvalue weighted by Gasteiger charge is 2.26. The van der Waals surface area contributed by atoms with Crippen molar-refractivity contribution in [2.75, 3.05) is 23.7 Å². The maximum Gasteiger partial charge on any atom is 0.242 e. The van der Waals surface area contributed by atoms with Crippen molar-refractivity contribution in [3.63, 3.8) is 0 Å². The van der Waals surface area contributed by atoms with Crippen molar-refractivity contribution >= 4 is 27.5 Å². The molecule has 8 heteroatoms. The second-order valence-electron chi connectivity index (χ2n) is 9.11. The second kappa shape index (κ2) is 13.3. The zero-order valence-corrected chi connectivity index (χ0v) is 22.4. The summed E-state index contributed by atoms with van der Waals surface area (Å²) >= 11 is 0. The topological polar surface area (TPSA) is 86.8 Å². The van der Waals surface area contributed by atoms with E-state index in [0.29, 0.717) is 25.2 Å². The average molecular weight is 502 g/mol. The number of anilines is 1. The largest absolute Gasteiger partial charge is 0.354 e. The van der Waals surface area contributed by atoms with Gasteiger partial charge in [-0.2, -0.15) is 0 Å². The molecule has 0 aromatic heterocycles. The normalized spacial score (nSPS) is 12.1. The van der Waals surface area contributed by atoms with Crippen molar-refractivity contribution in [3.8, 4) is 0 Å². The quantitative estimate of drug-likeness (QED) is 0.417. The smallest absolute Gasteiger partial charge is 0.242 e. The first-order chi connectivity index (χ1) is 16.5. The monoisotopic (exact) mass is 501 g/mol. The van der Waals surface area contributed by atoms with E-state index < -0.39 is 16.1 Å². The molecule has 0 aliphatic carbocycles. The van der Waals surface area contributed by atoms with E-state index in [4.69, 9.17) is 0 Å². The molecule has 0 spiro atoms. The molecule has 2 amide bonds. The van der Waals surface area contributed by atoms with Crippen LogP contribution in [0.2, 0.25) is 0 Å². The van der Waals surface area contributed by atoms with Crippen LogP contribution < -0.4 is 9.62 Å². The summed E-state index contributed by atoms with van der Waals surface area (Å²) in [5.74, 6) is -0.364. The van der Waals surface area contributed by atoms with Gasteiger partial charge in [-0.25, -0.2) is 8.42 Å². The fourth-order valence-electron chi connectivity index (χ4n) is 4.00. The molecular formula is C27H39N3O4S. The molecule has 0 bridgehead atoms. The molecule has 0 aliphatic heterocycles. The highest BCUT2D eigenvalue weighted by Crippen LogP contribution is 2.22. The lowest BCUT2D eigenvalue weighted by molar-refractivity contribution is -0.140. The zero-order valence-electron chi connectivity index (χ0n) is 21.6. The van der Waals surface area contributed by atoms with E-state index in [1.54, 1.807) is 11.8 Å². The van der Waals surface area contributed by atoms with Gasteiger partial charge in [-0.3, -0.25) is 13.9 Å². The first-order valence-electron chi connectivity index (χ1n) is 12.2. The van der Waals surface area contributed by atoms with E-state index in [0.717, 1.165) is 29.5 Å². The number of hydrogen-bond acceptors (Lipinski definition) is 4. The molecule has 2 rings (SSSR count). The molecule has 2 aromatic carbocycles. The van der Waals surface area contributed by atoms with Gasteiger partial charge in [-0.1, -0.05) is 49.7 Å². The van der Waals surface area contributed by atoms with Gasteiger partial charge in [-0.05, 0) is 62.4 Å². The minimum absolute atomic E-state index is 0.135. The van der Waals surface area contributed by atoms with Crippen molar-refractivity contribution < 1.29 is 18.0 Å². The third kappa shape index (κ3) is 9.02. The Kier molecular flexibility index (Phi) is 10.8. The van der Waals surface area contributed by atoms with Gasteiger partial charge in [0.2, 0.25) is 21.8 Å². The number of unbranched alkanes of at least 4 members (excludes halogenated alkanes) is 1. The highest BCUT2D eigenvalue weighted by atomic mass is 32.2. The Morgan fingerprint density at radius 3 is 2.20 bits per heavy atom. The van der Waals surface area contributed by atoms with Gasteiger partial charge in [0.05, 0.1) is 11.9 Å². The second-order valence-corrected chi connectivity index (χ2v) is 11.0. The maximum absolute atomic E-state index is 13.3. The van der Waals surface area contributed by atoms with Crippen LogP contribution in [0.15, 0.2) is 48.5 Å². The summed E-state index contributed by atoms with van der Waals surface area (Å²) in [7, 11) is -3.52. The molecule has 0 saturated heterocycles. The van der Waals surface area contributed by atoms with Crippen LogP contribution in [0.3, 0.4) is 0 Å². The SMILES string of the molecule is CCCCNC(=O)[C@H](C)N(Cc1ccccc1)C(=O)CCCN(c1cc(C)cc(C)c1)S(C)(=O)=O. The average Bonchev–Trinajstić information content (AvgIpc) is 2.79. The van der Waals surface area contributed by atoms with Gasteiger partial charge in [0.15, 0.2) is 0 Å². The van der Waals surface area contributed by atoms with E-state index in [-0.39, 0.29) is 24.8 Å². The van der Waals surface area contributed by atoms with Crippen molar-refractivity contribution in [1.82, 2.24) is 10.2 Å². The number of carbonyl (C=O) groups is 2. The number of benzene rings is 2. The molecule has 2 aromatic rings. The number of rotatable bonds is 13. The van der Waals surface area contributed by atoms with E-state index in [1.807, 2.05) is 62.4 Å². The molecule has 0 fully saturated rings. The Bertz CT molecular complexity index is 1070. The van der Waals surface area contributed by atoms with Crippen molar-refractivity contribution in [2.45, 2.75) is 66.0 Å². The third-order valence-electron chi connectivity index (χ3n) is 5.84. The highest BCUT2D eigenvalue weighted by molar-refractivity contribution is 7.92. The predicted octanol–water partition coefficient (Wildman–Crippen LogP) is 4.18. The minimum Gasteiger partial charge on any atom is -0.354 e. The lowest BCUT2D eigenvalue weighted by Gasteiger charge is -2.29. The molecule has 1 N–H and O–H groups in total. The lowest BCUT2D eigenvalue weighted by Crippen LogP contribution is -2.47. The Morgan fingerprint density at radius 2 is 1.63 bits per heavy atom. The van der Waals surface area contributed by atoms with Crippen LogP contribution in [0.5, 0.6) is 0 Å². The van der Waals surface area contributed by atoms with Crippen LogP contribution in [0.4, 0.5) is 5.69 Å². The van der Waals surface area contributed by atoms with E-state index in [9.17, 15) is 18.0 Å². The number of sulfonamides is 1. The van der Waals surface area contributed by atoms with Crippen LogP contribution in [0.1, 0.15) is 56.2 Å². The summed E-state index contributed by atoms with van der Waals surface area (Å²) in [4.78, 5) is 27.6. The van der Waals surface area contributed by atoms with E-state index in [1.165, 1.54) is 10.6 Å².